The second-order valence-corrected chi connectivity index (χ2v) is 11.4. The summed E-state index contributed by atoms with van der Waals surface area (Å²) in [4.78, 5) is 29.4. The zero-order valence-corrected chi connectivity index (χ0v) is 22.7. The summed E-state index contributed by atoms with van der Waals surface area (Å²) in [6.45, 7) is 12.2. The predicted molar refractivity (Wildman–Crippen MR) is 148 cm³/mol. The van der Waals surface area contributed by atoms with E-state index in [2.05, 4.69) is 29.3 Å². The average molecular weight is 508 g/mol. The first-order valence-corrected chi connectivity index (χ1v) is 13.5. The van der Waals surface area contributed by atoms with E-state index in [9.17, 15) is 9.59 Å². The molecule has 1 N–H and O–H groups in total. The van der Waals surface area contributed by atoms with Crippen molar-refractivity contribution in [3.8, 4) is 5.75 Å². The molecule has 37 heavy (non-hydrogen) atoms. The first-order valence-electron chi connectivity index (χ1n) is 13.5. The number of nitrogens with zero attached hydrogens (tertiary/aromatic N) is 2. The Balaban J connectivity index is 1.25. The lowest BCUT2D eigenvalue weighted by Crippen LogP contribution is -2.37. The molecule has 2 aromatic carbocycles. The van der Waals surface area contributed by atoms with Gasteiger partial charge in [0.15, 0.2) is 5.78 Å². The lowest BCUT2D eigenvalue weighted by atomic mass is 9.86. The first kappa shape index (κ1) is 26.8. The highest BCUT2D eigenvalue weighted by Gasteiger charge is 2.45. The van der Waals surface area contributed by atoms with E-state index in [-0.39, 0.29) is 23.8 Å². The van der Waals surface area contributed by atoms with Gasteiger partial charge in [-0.1, -0.05) is 13.3 Å². The summed E-state index contributed by atoms with van der Waals surface area (Å²) in [6.07, 6.45) is 3.99. The van der Waals surface area contributed by atoms with Crippen molar-refractivity contribution in [2.45, 2.75) is 59.0 Å². The number of carbonyl (C=O) groups is 2. The van der Waals surface area contributed by atoms with Crippen LogP contribution in [0.5, 0.6) is 5.75 Å². The number of likely N-dealkylation sites (tertiary alicyclic amines) is 1. The molecule has 0 bridgehead atoms. The van der Waals surface area contributed by atoms with E-state index >= 15 is 0 Å². The second-order valence-electron chi connectivity index (χ2n) is 11.4. The van der Waals surface area contributed by atoms with Crippen LogP contribution in [-0.2, 0) is 4.74 Å². The molecule has 1 unspecified atom stereocenters. The normalized spacial score (nSPS) is 19.4. The number of unbranched alkanes of at least 4 members (excludes halogenated alkanes) is 1. The van der Waals surface area contributed by atoms with Crippen LogP contribution in [0.4, 0.5) is 16.2 Å². The molecule has 4 rings (SSSR count). The maximum atomic E-state index is 12.6. The van der Waals surface area contributed by atoms with Gasteiger partial charge < -0.3 is 24.6 Å². The smallest absolute Gasteiger partial charge is 0.410 e. The second kappa shape index (κ2) is 11.4. The molecule has 0 saturated carbocycles. The van der Waals surface area contributed by atoms with Crippen molar-refractivity contribution < 1.29 is 19.1 Å². The number of ketones is 1. The van der Waals surface area contributed by atoms with E-state index in [4.69, 9.17) is 9.47 Å². The van der Waals surface area contributed by atoms with Gasteiger partial charge >= 0.3 is 6.09 Å². The van der Waals surface area contributed by atoms with Crippen LogP contribution in [0.2, 0.25) is 0 Å². The van der Waals surface area contributed by atoms with Crippen molar-refractivity contribution in [1.82, 2.24) is 4.90 Å². The quantitative estimate of drug-likeness (QED) is 0.332. The molecule has 200 valence electrons. The molecule has 2 aliphatic heterocycles. The van der Waals surface area contributed by atoms with Crippen LogP contribution in [-0.4, -0.2) is 61.7 Å². The van der Waals surface area contributed by atoms with E-state index in [1.165, 1.54) is 5.69 Å². The Labute approximate surface area is 221 Å². The highest BCUT2D eigenvalue weighted by Crippen LogP contribution is 2.41. The van der Waals surface area contributed by atoms with Crippen molar-refractivity contribution in [1.29, 1.82) is 0 Å². The molecular formula is C30H41N3O4. The molecule has 2 aliphatic rings. The maximum Gasteiger partial charge on any atom is 0.410 e. The minimum atomic E-state index is -0.470. The summed E-state index contributed by atoms with van der Waals surface area (Å²) in [5.41, 5.74) is 2.43. The van der Waals surface area contributed by atoms with Gasteiger partial charge in [-0.05, 0) is 88.6 Å². The van der Waals surface area contributed by atoms with Gasteiger partial charge in [-0.15, -0.1) is 0 Å². The molecule has 2 aromatic rings. The Morgan fingerprint density at radius 3 is 2.35 bits per heavy atom. The standard InChI is InChI=1S/C30H41N3O4/c1-5-6-19-36-26-13-7-23(8-14-26)27(34)20-31-24-9-11-25(12-10-24)32-17-15-30(21-32)16-18-33(22-30)28(35)37-29(2,3)4/h7-14,31H,5-6,15-22H2,1-4H3. The number of nitrogens with one attached hydrogen (secondary N) is 1. The topological polar surface area (TPSA) is 71.1 Å². The minimum Gasteiger partial charge on any atom is -0.494 e. The van der Waals surface area contributed by atoms with Gasteiger partial charge in [0.25, 0.3) is 0 Å². The van der Waals surface area contributed by atoms with Crippen LogP contribution < -0.4 is 15.0 Å². The highest BCUT2D eigenvalue weighted by molar-refractivity contribution is 5.99. The molecule has 0 aliphatic carbocycles. The molecule has 0 radical (unpaired) electrons. The third kappa shape index (κ3) is 7.18. The number of amides is 1. The Kier molecular flexibility index (Phi) is 8.30. The Bertz CT molecular complexity index is 1060. The lowest BCUT2D eigenvalue weighted by molar-refractivity contribution is 0.0276. The summed E-state index contributed by atoms with van der Waals surface area (Å²) >= 11 is 0. The Morgan fingerprint density at radius 2 is 1.68 bits per heavy atom. The number of ether oxygens (including phenoxy) is 2. The van der Waals surface area contributed by atoms with E-state index in [0.29, 0.717) is 12.2 Å². The maximum absolute atomic E-state index is 12.6. The van der Waals surface area contributed by atoms with Crippen LogP contribution in [0, 0.1) is 5.41 Å². The van der Waals surface area contributed by atoms with Crippen molar-refractivity contribution in [2.24, 2.45) is 5.41 Å². The molecule has 2 fully saturated rings. The van der Waals surface area contributed by atoms with Crippen LogP contribution in [0.3, 0.4) is 0 Å². The van der Waals surface area contributed by atoms with Gasteiger partial charge in [-0.2, -0.15) is 0 Å². The van der Waals surface area contributed by atoms with E-state index < -0.39 is 5.60 Å². The fourth-order valence-corrected chi connectivity index (χ4v) is 5.05. The Morgan fingerprint density at radius 1 is 0.973 bits per heavy atom. The van der Waals surface area contributed by atoms with Crippen LogP contribution in [0.1, 0.15) is 63.7 Å². The van der Waals surface area contributed by atoms with Crippen LogP contribution in [0.25, 0.3) is 0 Å². The number of Topliss-reactive ketones (excluding diaryl/α,β-unsaturated/α-hetero) is 1. The molecule has 2 heterocycles. The first-order chi connectivity index (χ1) is 17.7. The average Bonchev–Trinajstić information content (AvgIpc) is 3.49. The van der Waals surface area contributed by atoms with Crippen molar-refractivity contribution in [3.63, 3.8) is 0 Å². The molecule has 0 aromatic heterocycles. The zero-order chi connectivity index (χ0) is 26.5. The molecule has 1 atom stereocenters. The number of hydrogen-bond acceptors (Lipinski definition) is 6. The predicted octanol–water partition coefficient (Wildman–Crippen LogP) is 6.00. The molecule has 7 nitrogen and oxygen atoms in total. The van der Waals surface area contributed by atoms with Gasteiger partial charge in [-0.25, -0.2) is 4.79 Å². The fraction of sp³-hybridized carbons (Fsp3) is 0.533. The van der Waals surface area contributed by atoms with Crippen molar-refractivity contribution in [3.05, 3.63) is 54.1 Å². The Hall–Kier alpha value is -3.22. The van der Waals surface area contributed by atoms with Crippen molar-refractivity contribution >= 4 is 23.3 Å². The summed E-state index contributed by atoms with van der Waals surface area (Å²) in [6, 6.07) is 15.6. The van der Waals surface area contributed by atoms with Gasteiger partial charge in [0.05, 0.1) is 13.2 Å². The van der Waals surface area contributed by atoms with Gasteiger partial charge in [0.2, 0.25) is 0 Å². The minimum absolute atomic E-state index is 0.0430. The molecule has 1 amide bonds. The fourth-order valence-electron chi connectivity index (χ4n) is 5.05. The van der Waals surface area contributed by atoms with Crippen LogP contribution >= 0.6 is 0 Å². The SMILES string of the molecule is CCCCOc1ccc(C(=O)CNc2ccc(N3CCC4(CCN(C(=O)OC(C)(C)C)C4)C3)cc2)cc1. The molecular weight excluding hydrogens is 466 g/mol. The molecule has 1 spiro atoms. The molecule has 2 saturated heterocycles. The third-order valence-electron chi connectivity index (χ3n) is 7.16. The number of anilines is 2. The van der Waals surface area contributed by atoms with Gasteiger partial charge in [0.1, 0.15) is 11.4 Å². The third-order valence-corrected chi connectivity index (χ3v) is 7.16. The number of rotatable bonds is 9. The van der Waals surface area contributed by atoms with Gasteiger partial charge in [0, 0.05) is 48.5 Å². The summed E-state index contributed by atoms with van der Waals surface area (Å²) in [5.74, 6) is 0.842. The summed E-state index contributed by atoms with van der Waals surface area (Å²) < 4.78 is 11.3. The van der Waals surface area contributed by atoms with Crippen molar-refractivity contribution in [2.75, 3.05) is 49.5 Å². The van der Waals surface area contributed by atoms with E-state index in [1.807, 2.05) is 62.1 Å². The lowest BCUT2D eigenvalue weighted by Gasteiger charge is -2.27. The van der Waals surface area contributed by atoms with Gasteiger partial charge in [-0.3, -0.25) is 4.79 Å². The highest BCUT2D eigenvalue weighted by atomic mass is 16.6. The monoisotopic (exact) mass is 507 g/mol. The number of carbonyl (C=O) groups excluding carboxylic acids is 2. The zero-order valence-electron chi connectivity index (χ0n) is 22.7. The largest absolute Gasteiger partial charge is 0.494 e. The summed E-state index contributed by atoms with van der Waals surface area (Å²) in [5, 5.41) is 3.25. The number of hydrogen-bond donors (Lipinski definition) is 1. The van der Waals surface area contributed by atoms with Crippen LogP contribution in [0.15, 0.2) is 48.5 Å². The van der Waals surface area contributed by atoms with E-state index in [0.717, 1.165) is 63.3 Å². The molecule has 7 heteroatoms. The summed E-state index contributed by atoms with van der Waals surface area (Å²) in [7, 11) is 0. The van der Waals surface area contributed by atoms with E-state index in [1.54, 1.807) is 0 Å². The number of benzene rings is 2.